The van der Waals surface area contributed by atoms with Gasteiger partial charge in [0.15, 0.2) is 16.7 Å². The Labute approximate surface area is 184 Å². The van der Waals surface area contributed by atoms with Gasteiger partial charge in [-0.2, -0.15) is 0 Å². The molecule has 0 atom stereocenters. The van der Waals surface area contributed by atoms with Crippen molar-refractivity contribution in [2.24, 2.45) is 0 Å². The number of rotatable bonds is 7. The first-order valence-corrected chi connectivity index (χ1v) is 10.5. The highest BCUT2D eigenvalue weighted by Crippen LogP contribution is 2.34. The molecule has 0 aliphatic heterocycles. The molecule has 4 aromatic rings. The second-order valence-corrected chi connectivity index (χ2v) is 8.13. The Balaban J connectivity index is 0.00000240. The van der Waals surface area contributed by atoms with Crippen LogP contribution in [0, 0.1) is 6.92 Å². The molecule has 0 aliphatic carbocycles. The van der Waals surface area contributed by atoms with Crippen LogP contribution in [-0.4, -0.2) is 9.97 Å². The van der Waals surface area contributed by atoms with E-state index in [1.54, 1.807) is 23.1 Å². The second kappa shape index (κ2) is 10.3. The first-order chi connectivity index (χ1) is 13.8. The summed E-state index contributed by atoms with van der Waals surface area (Å²) < 4.78 is 6.12. The summed E-state index contributed by atoms with van der Waals surface area (Å²) in [4.78, 5) is 11.2. The van der Waals surface area contributed by atoms with Crippen molar-refractivity contribution in [1.29, 1.82) is 0 Å². The SMILES string of the molecule is Cc1csc(Nc2ncc(Sc3ccccc3)cc2OCc2ccccc2)n1.Cl. The molecule has 2 aromatic heterocycles. The summed E-state index contributed by atoms with van der Waals surface area (Å²) >= 11 is 3.21. The summed E-state index contributed by atoms with van der Waals surface area (Å²) in [5.41, 5.74) is 2.09. The third-order valence-corrected chi connectivity index (χ3v) is 5.73. The molecule has 0 amide bonds. The third-order valence-electron chi connectivity index (χ3n) is 3.89. The number of aromatic nitrogens is 2. The Morgan fingerprint density at radius 1 is 1.00 bits per heavy atom. The van der Waals surface area contributed by atoms with E-state index in [-0.39, 0.29) is 12.4 Å². The Bertz CT molecular complexity index is 1040. The molecule has 0 bridgehead atoms. The average Bonchev–Trinajstić information content (AvgIpc) is 3.14. The van der Waals surface area contributed by atoms with Crippen LogP contribution in [-0.2, 0) is 6.61 Å². The molecule has 0 saturated carbocycles. The van der Waals surface area contributed by atoms with E-state index in [0.717, 1.165) is 26.2 Å². The molecule has 7 heteroatoms. The Morgan fingerprint density at radius 3 is 2.41 bits per heavy atom. The van der Waals surface area contributed by atoms with E-state index in [1.165, 1.54) is 0 Å². The molecule has 29 heavy (non-hydrogen) atoms. The van der Waals surface area contributed by atoms with Crippen molar-refractivity contribution in [2.75, 3.05) is 5.32 Å². The number of aryl methyl sites for hydroxylation is 1. The van der Waals surface area contributed by atoms with E-state index in [4.69, 9.17) is 4.74 Å². The summed E-state index contributed by atoms with van der Waals surface area (Å²) in [5, 5.41) is 6.09. The highest BCUT2D eigenvalue weighted by atomic mass is 35.5. The molecule has 2 heterocycles. The molecule has 1 N–H and O–H groups in total. The van der Waals surface area contributed by atoms with Crippen molar-refractivity contribution in [3.63, 3.8) is 0 Å². The molecule has 4 nitrogen and oxygen atoms in total. The van der Waals surface area contributed by atoms with Gasteiger partial charge in [0, 0.05) is 21.4 Å². The predicted molar refractivity (Wildman–Crippen MR) is 123 cm³/mol. The highest BCUT2D eigenvalue weighted by Gasteiger charge is 2.11. The summed E-state index contributed by atoms with van der Waals surface area (Å²) in [6.45, 7) is 2.45. The lowest BCUT2D eigenvalue weighted by Crippen LogP contribution is -2.01. The molecule has 0 spiro atoms. The van der Waals surface area contributed by atoms with Crippen LogP contribution in [0.3, 0.4) is 0 Å². The fraction of sp³-hybridized carbons (Fsp3) is 0.0909. The predicted octanol–water partition coefficient (Wildman–Crippen LogP) is 6.74. The molecule has 0 saturated heterocycles. The zero-order valence-corrected chi connectivity index (χ0v) is 18.2. The first-order valence-electron chi connectivity index (χ1n) is 8.85. The average molecular weight is 442 g/mol. The minimum atomic E-state index is 0. The molecule has 4 rings (SSSR count). The minimum absolute atomic E-state index is 0. The highest BCUT2D eigenvalue weighted by molar-refractivity contribution is 7.99. The zero-order chi connectivity index (χ0) is 19.2. The van der Waals surface area contributed by atoms with Gasteiger partial charge in [0.2, 0.25) is 0 Å². The first kappa shape index (κ1) is 21.2. The summed E-state index contributed by atoms with van der Waals surface area (Å²) in [6.07, 6.45) is 1.86. The Morgan fingerprint density at radius 2 is 1.72 bits per heavy atom. The third kappa shape index (κ3) is 5.97. The zero-order valence-electron chi connectivity index (χ0n) is 15.7. The van der Waals surface area contributed by atoms with E-state index < -0.39 is 0 Å². The number of halogens is 1. The van der Waals surface area contributed by atoms with Crippen LogP contribution in [0.5, 0.6) is 5.75 Å². The van der Waals surface area contributed by atoms with E-state index in [2.05, 4.69) is 27.4 Å². The van der Waals surface area contributed by atoms with Crippen LogP contribution in [0.4, 0.5) is 10.9 Å². The van der Waals surface area contributed by atoms with Crippen LogP contribution in [0.1, 0.15) is 11.3 Å². The van der Waals surface area contributed by atoms with E-state index in [1.807, 2.05) is 73.1 Å². The number of ether oxygens (including phenoxy) is 1. The normalized spacial score (nSPS) is 10.2. The van der Waals surface area contributed by atoms with Crippen molar-refractivity contribution in [3.8, 4) is 5.75 Å². The minimum Gasteiger partial charge on any atom is -0.485 e. The summed E-state index contributed by atoms with van der Waals surface area (Å²) in [7, 11) is 0. The number of nitrogens with one attached hydrogen (secondary N) is 1. The Hall–Kier alpha value is -2.54. The molecule has 0 unspecified atom stereocenters. The van der Waals surface area contributed by atoms with E-state index in [0.29, 0.717) is 18.2 Å². The molecule has 148 valence electrons. The molecule has 0 fully saturated rings. The smallest absolute Gasteiger partial charge is 0.188 e. The lowest BCUT2D eigenvalue weighted by Gasteiger charge is -2.13. The van der Waals surface area contributed by atoms with Crippen LogP contribution in [0.25, 0.3) is 0 Å². The number of hydrogen-bond donors (Lipinski definition) is 1. The summed E-state index contributed by atoms with van der Waals surface area (Å²) in [6, 6.07) is 22.4. The van der Waals surface area contributed by atoms with Crippen molar-refractivity contribution >= 4 is 46.5 Å². The van der Waals surface area contributed by atoms with Crippen molar-refractivity contribution in [2.45, 2.75) is 23.3 Å². The maximum Gasteiger partial charge on any atom is 0.188 e. The fourth-order valence-corrected chi connectivity index (χ4v) is 4.08. The number of hydrogen-bond acceptors (Lipinski definition) is 6. The molecule has 0 radical (unpaired) electrons. The number of thiazole rings is 1. The van der Waals surface area contributed by atoms with Gasteiger partial charge in [-0.1, -0.05) is 60.3 Å². The maximum absolute atomic E-state index is 6.12. The number of pyridine rings is 1. The van der Waals surface area contributed by atoms with Gasteiger partial charge in [0.1, 0.15) is 6.61 Å². The molecular weight excluding hydrogens is 422 g/mol. The van der Waals surface area contributed by atoms with Crippen LogP contribution in [0.15, 0.2) is 88.1 Å². The van der Waals surface area contributed by atoms with Crippen LogP contribution >= 0.6 is 35.5 Å². The molecular formula is C22H20ClN3OS2. The number of anilines is 2. The fourth-order valence-electron chi connectivity index (χ4n) is 2.56. The maximum atomic E-state index is 6.12. The molecule has 2 aromatic carbocycles. The van der Waals surface area contributed by atoms with Gasteiger partial charge in [0.25, 0.3) is 0 Å². The van der Waals surface area contributed by atoms with Gasteiger partial charge >= 0.3 is 0 Å². The van der Waals surface area contributed by atoms with Crippen LogP contribution in [0.2, 0.25) is 0 Å². The van der Waals surface area contributed by atoms with Gasteiger partial charge in [-0.25, -0.2) is 9.97 Å². The van der Waals surface area contributed by atoms with Crippen molar-refractivity contribution in [3.05, 3.63) is 89.6 Å². The molecule has 0 aliphatic rings. The van der Waals surface area contributed by atoms with E-state index >= 15 is 0 Å². The lowest BCUT2D eigenvalue weighted by atomic mass is 10.2. The standard InChI is InChI=1S/C22H19N3OS2.ClH/c1-16-15-27-22(24-16)25-21-20(26-14-17-8-4-2-5-9-17)12-19(13-23-21)28-18-10-6-3-7-11-18;/h2-13,15H,14H2,1H3,(H,23,24,25);1H. The van der Waals surface area contributed by atoms with Gasteiger partial charge in [-0.15, -0.1) is 23.7 Å². The van der Waals surface area contributed by atoms with Crippen molar-refractivity contribution in [1.82, 2.24) is 9.97 Å². The topological polar surface area (TPSA) is 47.0 Å². The lowest BCUT2D eigenvalue weighted by molar-refractivity contribution is 0.306. The van der Waals surface area contributed by atoms with Gasteiger partial charge in [0.05, 0.1) is 5.69 Å². The number of nitrogens with zero attached hydrogens (tertiary/aromatic N) is 2. The largest absolute Gasteiger partial charge is 0.485 e. The number of benzene rings is 2. The quantitative estimate of drug-likeness (QED) is 0.344. The van der Waals surface area contributed by atoms with Gasteiger partial charge in [-0.3, -0.25) is 0 Å². The second-order valence-electron chi connectivity index (χ2n) is 6.13. The summed E-state index contributed by atoms with van der Waals surface area (Å²) in [5.74, 6) is 1.38. The monoisotopic (exact) mass is 441 g/mol. The van der Waals surface area contributed by atoms with Gasteiger partial charge < -0.3 is 10.1 Å². The van der Waals surface area contributed by atoms with Gasteiger partial charge in [-0.05, 0) is 30.7 Å². The van der Waals surface area contributed by atoms with E-state index in [9.17, 15) is 0 Å². The van der Waals surface area contributed by atoms with Crippen molar-refractivity contribution < 1.29 is 4.74 Å². The Kier molecular flexibility index (Phi) is 7.52. The van der Waals surface area contributed by atoms with Crippen LogP contribution < -0.4 is 10.1 Å².